The van der Waals surface area contributed by atoms with Gasteiger partial charge in [-0.05, 0) is 19.9 Å². The Balaban J connectivity index is 2.84. The minimum absolute atomic E-state index is 0.448. The molecule has 0 aromatic rings. The highest BCUT2D eigenvalue weighted by molar-refractivity contribution is 5.30. The predicted molar refractivity (Wildman–Crippen MR) is 61.2 cm³/mol. The lowest BCUT2D eigenvalue weighted by atomic mass is 9.83. The molecule has 0 aliphatic carbocycles. The molecule has 1 saturated heterocycles. The van der Waals surface area contributed by atoms with Gasteiger partial charge in [0, 0.05) is 18.2 Å². The number of hydrazine groups is 1. The predicted octanol–water partition coefficient (Wildman–Crippen LogP) is 4.94. The molecule has 2 aliphatic rings. The van der Waals surface area contributed by atoms with Crippen molar-refractivity contribution in [3.8, 4) is 0 Å². The average Bonchev–Trinajstić information content (AvgIpc) is 2.82. The van der Waals surface area contributed by atoms with E-state index in [1.807, 2.05) is 0 Å². The van der Waals surface area contributed by atoms with Crippen LogP contribution < -0.4 is 0 Å². The van der Waals surface area contributed by atoms with Crippen molar-refractivity contribution in [3.63, 3.8) is 0 Å². The highest BCUT2D eigenvalue weighted by atomic mass is 19.4. The fraction of sp³-hybridized carbons (Fsp3) is 0.833. The molecule has 2 rings (SSSR count). The van der Waals surface area contributed by atoms with Gasteiger partial charge < -0.3 is 0 Å². The van der Waals surface area contributed by atoms with E-state index in [1.54, 1.807) is 0 Å². The molecule has 0 unspecified atom stereocenters. The second-order valence-electron chi connectivity index (χ2n) is 6.58. The van der Waals surface area contributed by atoms with E-state index in [4.69, 9.17) is 0 Å². The zero-order valence-corrected chi connectivity index (χ0v) is 12.8. The Morgan fingerprint density at radius 3 is 1.38 bits per heavy atom. The molecule has 0 aromatic carbocycles. The monoisotopic (exact) mass is 410 g/mol. The van der Waals surface area contributed by atoms with E-state index in [0.29, 0.717) is 13.8 Å². The molecule has 0 bridgehead atoms. The van der Waals surface area contributed by atoms with Crippen LogP contribution in [0, 0.1) is 0 Å². The maximum absolute atomic E-state index is 13.4. The van der Waals surface area contributed by atoms with Gasteiger partial charge in [-0.2, -0.15) is 57.7 Å². The third kappa shape index (κ3) is 2.26. The Kier molecular flexibility index (Phi) is 3.97. The van der Waals surface area contributed by atoms with Gasteiger partial charge in [-0.25, -0.2) is 0 Å². The molecule has 0 amide bonds. The van der Waals surface area contributed by atoms with E-state index in [1.165, 1.54) is 0 Å². The first-order chi connectivity index (χ1) is 11.2. The SMILES string of the molecule is CC1(C)CC(C(F)(F)F)(C(F)(F)F)N2C=CC(C(F)(F)F)(C(F)(F)F)N21. The molecule has 0 spiro atoms. The molecular weight excluding hydrogens is 400 g/mol. The molecule has 152 valence electrons. The topological polar surface area (TPSA) is 6.48 Å². The van der Waals surface area contributed by atoms with Crippen molar-refractivity contribution in [3.05, 3.63) is 12.3 Å². The summed E-state index contributed by atoms with van der Waals surface area (Å²) in [5.41, 5.74) is -12.8. The molecule has 2 aliphatic heterocycles. The summed E-state index contributed by atoms with van der Waals surface area (Å²) < 4.78 is 160. The van der Waals surface area contributed by atoms with E-state index in [9.17, 15) is 52.7 Å². The highest BCUT2D eigenvalue weighted by Crippen LogP contribution is 2.64. The molecule has 2 nitrogen and oxygen atoms in total. The van der Waals surface area contributed by atoms with E-state index in [0.717, 1.165) is 0 Å². The van der Waals surface area contributed by atoms with Crippen LogP contribution in [0.3, 0.4) is 0 Å². The summed E-state index contributed by atoms with van der Waals surface area (Å²) in [7, 11) is 0. The van der Waals surface area contributed by atoms with Gasteiger partial charge in [-0.3, -0.25) is 5.01 Å². The molecule has 1 fully saturated rings. The van der Waals surface area contributed by atoms with Gasteiger partial charge in [0.2, 0.25) is 5.54 Å². The Morgan fingerprint density at radius 2 is 1.08 bits per heavy atom. The largest absolute Gasteiger partial charge is 0.422 e. The number of hydrogen-bond acceptors (Lipinski definition) is 2. The van der Waals surface area contributed by atoms with Crippen molar-refractivity contribution in [1.29, 1.82) is 0 Å². The van der Waals surface area contributed by atoms with Crippen LogP contribution in [0.15, 0.2) is 12.3 Å². The zero-order valence-electron chi connectivity index (χ0n) is 12.8. The van der Waals surface area contributed by atoms with Gasteiger partial charge in [0.15, 0.2) is 0 Å². The van der Waals surface area contributed by atoms with E-state index in [-0.39, 0.29) is 0 Å². The van der Waals surface area contributed by atoms with Gasteiger partial charge in [-0.1, -0.05) is 0 Å². The smallest absolute Gasteiger partial charge is 0.288 e. The fourth-order valence-electron chi connectivity index (χ4n) is 3.55. The average molecular weight is 410 g/mol. The molecular formula is C12H10F12N2. The van der Waals surface area contributed by atoms with Gasteiger partial charge in [0.1, 0.15) is 0 Å². The Bertz CT molecular complexity index is 578. The van der Waals surface area contributed by atoms with Gasteiger partial charge in [-0.15, -0.1) is 0 Å². The lowest BCUT2D eigenvalue weighted by Gasteiger charge is -2.48. The lowest BCUT2D eigenvalue weighted by molar-refractivity contribution is -0.378. The highest BCUT2D eigenvalue weighted by Gasteiger charge is 2.87. The number of hydrogen-bond donors (Lipinski definition) is 0. The van der Waals surface area contributed by atoms with Crippen LogP contribution in [0.4, 0.5) is 52.7 Å². The van der Waals surface area contributed by atoms with Crippen molar-refractivity contribution in [1.82, 2.24) is 10.0 Å². The summed E-state index contributed by atoms with van der Waals surface area (Å²) in [6.07, 6.45) is -28.1. The number of alkyl halides is 12. The molecule has 0 N–H and O–H groups in total. The maximum Gasteiger partial charge on any atom is 0.422 e. The van der Waals surface area contributed by atoms with E-state index >= 15 is 0 Å². The molecule has 26 heavy (non-hydrogen) atoms. The lowest BCUT2D eigenvalue weighted by Crippen LogP contribution is -2.71. The summed E-state index contributed by atoms with van der Waals surface area (Å²) in [6, 6.07) is 0. The molecule has 14 heteroatoms. The summed E-state index contributed by atoms with van der Waals surface area (Å²) in [5, 5.41) is -1.94. The van der Waals surface area contributed by atoms with Crippen molar-refractivity contribution < 1.29 is 52.7 Å². The second-order valence-corrected chi connectivity index (χ2v) is 6.58. The van der Waals surface area contributed by atoms with Crippen molar-refractivity contribution >= 4 is 0 Å². The standard InChI is InChI=1S/C12H10F12N2/c1-6(2)5-8(11(19,20)21,12(22,23)24)25-4-3-7(26(6)25,9(13,14)15)10(16,17)18/h3-4H,5H2,1-2H3. The molecule has 0 atom stereocenters. The van der Waals surface area contributed by atoms with E-state index in [2.05, 4.69) is 0 Å². The zero-order chi connectivity index (χ0) is 20.8. The molecule has 0 aromatic heterocycles. The minimum Gasteiger partial charge on any atom is -0.288 e. The van der Waals surface area contributed by atoms with Crippen LogP contribution in [0.2, 0.25) is 0 Å². The Morgan fingerprint density at radius 1 is 0.692 bits per heavy atom. The third-order valence-corrected chi connectivity index (χ3v) is 4.46. The second kappa shape index (κ2) is 4.93. The van der Waals surface area contributed by atoms with Crippen LogP contribution in [0.5, 0.6) is 0 Å². The minimum atomic E-state index is -6.24. The number of rotatable bonds is 0. The van der Waals surface area contributed by atoms with Gasteiger partial charge in [0.05, 0.1) is 0 Å². The number of nitrogens with zero attached hydrogens (tertiary/aromatic N) is 2. The van der Waals surface area contributed by atoms with Gasteiger partial charge in [0.25, 0.3) is 5.54 Å². The van der Waals surface area contributed by atoms with Crippen molar-refractivity contribution in [2.45, 2.75) is 61.6 Å². The van der Waals surface area contributed by atoms with Crippen LogP contribution in [0.1, 0.15) is 20.3 Å². The van der Waals surface area contributed by atoms with Crippen LogP contribution >= 0.6 is 0 Å². The fourth-order valence-corrected chi connectivity index (χ4v) is 3.55. The number of fused-ring (bicyclic) bond motifs is 1. The molecule has 0 saturated carbocycles. The van der Waals surface area contributed by atoms with Crippen LogP contribution in [-0.2, 0) is 0 Å². The first-order valence-electron chi connectivity index (χ1n) is 6.73. The third-order valence-electron chi connectivity index (χ3n) is 4.46. The summed E-state index contributed by atoms with van der Waals surface area (Å²) in [5.74, 6) is 0. The van der Waals surface area contributed by atoms with E-state index < -0.39 is 70.0 Å². The quantitative estimate of drug-likeness (QED) is 0.522. The van der Waals surface area contributed by atoms with Crippen LogP contribution in [0.25, 0.3) is 0 Å². The molecule has 2 heterocycles. The first kappa shape index (κ1) is 21.0. The first-order valence-corrected chi connectivity index (χ1v) is 6.73. The summed E-state index contributed by atoms with van der Waals surface area (Å²) in [6.45, 7) is 0.914. The Hall–Kier alpha value is -1.34. The van der Waals surface area contributed by atoms with Crippen molar-refractivity contribution in [2.75, 3.05) is 0 Å². The van der Waals surface area contributed by atoms with Crippen molar-refractivity contribution in [2.24, 2.45) is 0 Å². The van der Waals surface area contributed by atoms with Crippen LogP contribution in [-0.4, -0.2) is 51.3 Å². The Labute approximate surface area is 138 Å². The summed E-state index contributed by atoms with van der Waals surface area (Å²) >= 11 is 0. The number of halogens is 12. The normalized spacial score (nSPS) is 25.7. The van der Waals surface area contributed by atoms with Gasteiger partial charge >= 0.3 is 24.7 Å². The molecule has 0 radical (unpaired) electrons. The maximum atomic E-state index is 13.4. The summed E-state index contributed by atoms with van der Waals surface area (Å²) in [4.78, 5) is 0.